The quantitative estimate of drug-likeness (QED) is 0.546. The van der Waals surface area contributed by atoms with Crippen molar-refractivity contribution in [3.8, 4) is 0 Å². The molecular formula is C5H8F5NO. The molecule has 2 nitrogen and oxygen atoms in total. The van der Waals surface area contributed by atoms with Crippen LogP contribution < -0.4 is 0 Å². The van der Waals surface area contributed by atoms with Crippen molar-refractivity contribution in [1.82, 2.24) is 5.06 Å². The zero-order valence-corrected chi connectivity index (χ0v) is 6.20. The van der Waals surface area contributed by atoms with Crippen LogP contribution in [0.5, 0.6) is 0 Å². The molecule has 0 spiro atoms. The van der Waals surface area contributed by atoms with Gasteiger partial charge in [0.15, 0.2) is 0 Å². The van der Waals surface area contributed by atoms with E-state index in [2.05, 4.69) is 0 Å². The molecule has 1 N–H and O–H groups in total. The van der Waals surface area contributed by atoms with Gasteiger partial charge in [-0.1, -0.05) is 0 Å². The second-order valence-electron chi connectivity index (χ2n) is 2.33. The lowest BCUT2D eigenvalue weighted by Crippen LogP contribution is -2.38. The summed E-state index contributed by atoms with van der Waals surface area (Å²) in [5, 5.41) is 8.59. The van der Waals surface area contributed by atoms with Crippen LogP contribution in [-0.2, 0) is 0 Å². The molecule has 0 aliphatic heterocycles. The molecular weight excluding hydrogens is 185 g/mol. The maximum Gasteiger partial charge on any atom is 0.453 e. The van der Waals surface area contributed by atoms with E-state index in [1.807, 2.05) is 0 Å². The van der Waals surface area contributed by atoms with Crippen LogP contribution in [0.2, 0.25) is 0 Å². The molecule has 0 aromatic carbocycles. The van der Waals surface area contributed by atoms with E-state index in [1.165, 1.54) is 0 Å². The van der Waals surface area contributed by atoms with Gasteiger partial charge in [-0.25, -0.2) is 0 Å². The number of alkyl halides is 5. The van der Waals surface area contributed by atoms with Gasteiger partial charge in [-0.05, 0) is 0 Å². The first-order valence-electron chi connectivity index (χ1n) is 3.01. The lowest BCUT2D eigenvalue weighted by molar-refractivity contribution is -0.287. The summed E-state index contributed by atoms with van der Waals surface area (Å²) in [6.45, 7) is -0.730. The highest BCUT2D eigenvalue weighted by Crippen LogP contribution is 2.37. The normalized spacial score (nSPS) is 14.0. The summed E-state index contributed by atoms with van der Waals surface area (Å²) in [5.74, 6) is -4.73. The highest BCUT2D eigenvalue weighted by molar-refractivity contribution is 4.75. The minimum atomic E-state index is -5.54. The topological polar surface area (TPSA) is 23.5 Å². The van der Waals surface area contributed by atoms with E-state index < -0.39 is 25.1 Å². The maximum absolute atomic E-state index is 12.0. The molecule has 0 bridgehead atoms. The molecule has 0 atom stereocenters. The molecule has 0 fully saturated rings. The van der Waals surface area contributed by atoms with Crippen molar-refractivity contribution >= 4 is 0 Å². The molecule has 0 radical (unpaired) electrons. The first-order valence-corrected chi connectivity index (χ1v) is 3.01. The predicted octanol–water partition coefficient (Wildman–Crippen LogP) is 1.90. The summed E-state index contributed by atoms with van der Waals surface area (Å²) in [7, 11) is 0.993. The van der Waals surface area contributed by atoms with Crippen LogP contribution in [-0.4, -0.2) is 36.0 Å². The minimum Gasteiger partial charge on any atom is -0.314 e. The van der Waals surface area contributed by atoms with Gasteiger partial charge in [-0.2, -0.15) is 27.0 Å². The Bertz CT molecular complexity index is 143. The fraction of sp³-hybridized carbons (Fsp3) is 1.00. The molecule has 7 heteroatoms. The number of hydroxylamine groups is 2. The summed E-state index contributed by atoms with van der Waals surface area (Å²) in [5.41, 5.74) is 0. The Balaban J connectivity index is 4.05. The fourth-order valence-electron chi connectivity index (χ4n) is 0.444. The Labute approximate surface area is 65.5 Å². The molecule has 0 aromatic rings. The van der Waals surface area contributed by atoms with Crippen molar-refractivity contribution in [1.29, 1.82) is 0 Å². The number of rotatable bonds is 3. The van der Waals surface area contributed by atoms with Crippen LogP contribution >= 0.6 is 0 Å². The van der Waals surface area contributed by atoms with Gasteiger partial charge < -0.3 is 5.21 Å². The summed E-state index contributed by atoms with van der Waals surface area (Å²) in [6.07, 6.45) is -6.98. The predicted molar refractivity (Wildman–Crippen MR) is 30.0 cm³/mol. The summed E-state index contributed by atoms with van der Waals surface area (Å²) in [6, 6.07) is 0. The molecule has 0 rings (SSSR count). The third-order valence-corrected chi connectivity index (χ3v) is 1.16. The molecule has 0 saturated carbocycles. The third kappa shape index (κ3) is 3.31. The summed E-state index contributed by atoms with van der Waals surface area (Å²) >= 11 is 0. The van der Waals surface area contributed by atoms with Crippen molar-refractivity contribution in [2.75, 3.05) is 13.6 Å². The Kier molecular flexibility index (Phi) is 3.40. The Morgan fingerprint density at radius 2 is 1.58 bits per heavy atom. The van der Waals surface area contributed by atoms with Crippen molar-refractivity contribution in [3.05, 3.63) is 0 Å². The maximum atomic E-state index is 12.0. The van der Waals surface area contributed by atoms with E-state index in [0.29, 0.717) is 0 Å². The Morgan fingerprint density at radius 3 is 1.83 bits per heavy atom. The molecule has 0 saturated heterocycles. The molecule has 0 aliphatic carbocycles. The zero-order chi connectivity index (χ0) is 9.99. The molecule has 0 aromatic heterocycles. The average Bonchev–Trinajstić information content (AvgIpc) is 1.81. The van der Waals surface area contributed by atoms with E-state index in [9.17, 15) is 22.0 Å². The highest BCUT2D eigenvalue weighted by Gasteiger charge is 2.56. The van der Waals surface area contributed by atoms with E-state index in [0.717, 1.165) is 7.05 Å². The van der Waals surface area contributed by atoms with Gasteiger partial charge in [0.25, 0.3) is 0 Å². The molecule has 0 unspecified atom stereocenters. The van der Waals surface area contributed by atoms with Gasteiger partial charge in [0.2, 0.25) is 0 Å². The van der Waals surface area contributed by atoms with E-state index in [4.69, 9.17) is 5.21 Å². The zero-order valence-electron chi connectivity index (χ0n) is 6.20. The van der Waals surface area contributed by atoms with E-state index >= 15 is 0 Å². The van der Waals surface area contributed by atoms with Crippen molar-refractivity contribution in [2.45, 2.75) is 18.5 Å². The molecule has 0 amide bonds. The fourth-order valence-corrected chi connectivity index (χ4v) is 0.444. The molecule has 0 heterocycles. The van der Waals surface area contributed by atoms with Gasteiger partial charge in [-0.15, -0.1) is 0 Å². The van der Waals surface area contributed by atoms with Crippen LogP contribution in [0.25, 0.3) is 0 Å². The number of nitrogens with zero attached hydrogens (tertiary/aromatic N) is 1. The van der Waals surface area contributed by atoms with Crippen LogP contribution in [0.4, 0.5) is 22.0 Å². The van der Waals surface area contributed by atoms with Gasteiger partial charge in [0.05, 0.1) is 0 Å². The first kappa shape index (κ1) is 11.6. The lowest BCUT2D eigenvalue weighted by Gasteiger charge is -2.20. The number of halogens is 5. The first-order chi connectivity index (χ1) is 5.17. The lowest BCUT2D eigenvalue weighted by atomic mass is 10.2. The van der Waals surface area contributed by atoms with Gasteiger partial charge in [0, 0.05) is 20.0 Å². The largest absolute Gasteiger partial charge is 0.453 e. The van der Waals surface area contributed by atoms with Gasteiger partial charge >= 0.3 is 12.1 Å². The highest BCUT2D eigenvalue weighted by atomic mass is 19.4. The average molecular weight is 193 g/mol. The summed E-state index contributed by atoms with van der Waals surface area (Å²) < 4.78 is 58.4. The third-order valence-electron chi connectivity index (χ3n) is 1.16. The van der Waals surface area contributed by atoms with Crippen LogP contribution in [0, 0.1) is 0 Å². The van der Waals surface area contributed by atoms with Crippen LogP contribution in [0.3, 0.4) is 0 Å². The standard InChI is InChI=1S/C5H8F5NO/c1-11(12)3-2-4(6,7)5(8,9)10/h12H,2-3H2,1H3. The Morgan fingerprint density at radius 1 is 1.17 bits per heavy atom. The smallest absolute Gasteiger partial charge is 0.314 e. The molecule has 74 valence electrons. The molecule has 12 heavy (non-hydrogen) atoms. The van der Waals surface area contributed by atoms with Crippen LogP contribution in [0.1, 0.15) is 6.42 Å². The SMILES string of the molecule is CN(O)CCC(F)(F)C(F)(F)F. The molecule has 0 aliphatic rings. The Hall–Kier alpha value is -0.430. The second-order valence-corrected chi connectivity index (χ2v) is 2.33. The van der Waals surface area contributed by atoms with Crippen LogP contribution in [0.15, 0.2) is 0 Å². The van der Waals surface area contributed by atoms with Gasteiger partial charge in [0.1, 0.15) is 0 Å². The van der Waals surface area contributed by atoms with Crippen molar-refractivity contribution in [3.63, 3.8) is 0 Å². The number of hydrogen-bond donors (Lipinski definition) is 1. The van der Waals surface area contributed by atoms with Crippen molar-refractivity contribution in [2.24, 2.45) is 0 Å². The monoisotopic (exact) mass is 193 g/mol. The number of hydrogen-bond acceptors (Lipinski definition) is 2. The summed E-state index contributed by atoms with van der Waals surface area (Å²) in [4.78, 5) is 0. The van der Waals surface area contributed by atoms with E-state index in [1.54, 1.807) is 0 Å². The second kappa shape index (κ2) is 3.53. The van der Waals surface area contributed by atoms with E-state index in [-0.39, 0.29) is 5.06 Å². The van der Waals surface area contributed by atoms with Crippen molar-refractivity contribution < 1.29 is 27.2 Å². The van der Waals surface area contributed by atoms with Gasteiger partial charge in [-0.3, -0.25) is 0 Å². The minimum absolute atomic E-state index is 0.277.